The van der Waals surface area contributed by atoms with E-state index in [0.717, 1.165) is 19.3 Å². The lowest BCUT2D eigenvalue weighted by atomic mass is 9.90. The Hall–Kier alpha value is -2.08. The quantitative estimate of drug-likeness (QED) is 0.399. The van der Waals surface area contributed by atoms with Crippen LogP contribution < -0.4 is 5.32 Å². The topological polar surface area (TPSA) is 130 Å². The molecule has 1 N–H and O–H groups in total. The van der Waals surface area contributed by atoms with Gasteiger partial charge in [-0.3, -0.25) is 14.4 Å². The first-order valence-electron chi connectivity index (χ1n) is 10.7. The average molecular weight is 442 g/mol. The number of hydrogen-bond donors (Lipinski definition) is 1. The van der Waals surface area contributed by atoms with Crippen molar-refractivity contribution in [2.24, 2.45) is 5.41 Å². The van der Waals surface area contributed by atoms with Crippen molar-refractivity contribution in [3.05, 3.63) is 0 Å². The lowest BCUT2D eigenvalue weighted by molar-refractivity contribution is -0.302. The number of amides is 3. The molecule has 174 valence electrons. The Labute approximate surface area is 180 Å². The summed E-state index contributed by atoms with van der Waals surface area (Å²) in [7, 11) is 0. The standard InChI is InChI=1S/C20H30N2O9/c1-2-3-4-7-21-14(23)8-18-27-10-20(11-28-18)12-29-19(30-13-20)9-17(26)31-22-15(24)5-6-16(22)25/h18-19H,2-13H2,1H3,(H,21,23). The first-order chi connectivity index (χ1) is 14.9. The Kier molecular flexibility index (Phi) is 8.35. The maximum atomic E-state index is 12.0. The molecule has 0 unspecified atom stereocenters. The molecule has 3 fully saturated rings. The summed E-state index contributed by atoms with van der Waals surface area (Å²) in [6, 6.07) is 0. The summed E-state index contributed by atoms with van der Waals surface area (Å²) in [6.07, 6.45) is 1.61. The highest BCUT2D eigenvalue weighted by molar-refractivity contribution is 6.01. The molecule has 3 rings (SSSR count). The molecule has 0 aliphatic carbocycles. The molecule has 0 radical (unpaired) electrons. The number of carbonyl (C=O) groups excluding carboxylic acids is 4. The van der Waals surface area contributed by atoms with Gasteiger partial charge in [0.05, 0.1) is 44.7 Å². The molecule has 11 heteroatoms. The van der Waals surface area contributed by atoms with E-state index in [4.69, 9.17) is 23.8 Å². The van der Waals surface area contributed by atoms with Gasteiger partial charge >= 0.3 is 5.97 Å². The van der Waals surface area contributed by atoms with Crippen LogP contribution in [0.4, 0.5) is 0 Å². The Bertz CT molecular complexity index is 650. The minimum Gasteiger partial charge on any atom is -0.356 e. The van der Waals surface area contributed by atoms with Gasteiger partial charge in [0, 0.05) is 19.4 Å². The first kappa shape index (κ1) is 23.6. The van der Waals surface area contributed by atoms with Gasteiger partial charge < -0.3 is 29.1 Å². The van der Waals surface area contributed by atoms with Crippen molar-refractivity contribution in [1.82, 2.24) is 10.4 Å². The number of ether oxygens (including phenoxy) is 4. The fraction of sp³-hybridized carbons (Fsp3) is 0.800. The van der Waals surface area contributed by atoms with Crippen LogP contribution in [-0.2, 0) is 43.0 Å². The summed E-state index contributed by atoms with van der Waals surface area (Å²) >= 11 is 0. The highest BCUT2D eigenvalue weighted by Gasteiger charge is 2.43. The SMILES string of the molecule is CCCCCNC(=O)CC1OCC2(CO1)COC(CC(=O)ON1C(=O)CCC1=O)OC2. The van der Waals surface area contributed by atoms with E-state index in [1.165, 1.54) is 0 Å². The molecule has 1 spiro atoms. The first-order valence-corrected chi connectivity index (χ1v) is 10.7. The third-order valence-electron chi connectivity index (χ3n) is 5.29. The lowest BCUT2D eigenvalue weighted by Crippen LogP contribution is -2.53. The normalized spacial score (nSPS) is 28.7. The molecule has 0 aromatic rings. The molecule has 0 aromatic heterocycles. The molecule has 0 aromatic carbocycles. The van der Waals surface area contributed by atoms with E-state index in [-0.39, 0.29) is 44.8 Å². The minimum atomic E-state index is -0.849. The zero-order valence-electron chi connectivity index (χ0n) is 17.8. The Balaban J connectivity index is 1.33. The number of hydrogen-bond acceptors (Lipinski definition) is 9. The van der Waals surface area contributed by atoms with Gasteiger partial charge in [0.1, 0.15) is 0 Å². The van der Waals surface area contributed by atoms with Crippen molar-refractivity contribution < 1.29 is 43.0 Å². The average Bonchev–Trinajstić information content (AvgIpc) is 3.07. The molecule has 3 amide bonds. The third kappa shape index (κ3) is 6.70. The molecular formula is C20H30N2O9. The van der Waals surface area contributed by atoms with E-state index < -0.39 is 35.8 Å². The van der Waals surface area contributed by atoms with Gasteiger partial charge in [-0.2, -0.15) is 0 Å². The van der Waals surface area contributed by atoms with Crippen molar-refractivity contribution in [3.63, 3.8) is 0 Å². The van der Waals surface area contributed by atoms with Crippen LogP contribution in [0.2, 0.25) is 0 Å². The second kappa shape index (κ2) is 11.0. The second-order valence-corrected chi connectivity index (χ2v) is 8.11. The third-order valence-corrected chi connectivity index (χ3v) is 5.29. The van der Waals surface area contributed by atoms with Gasteiger partial charge in [0.2, 0.25) is 5.91 Å². The highest BCUT2D eigenvalue weighted by atomic mass is 16.7. The monoisotopic (exact) mass is 442 g/mol. The minimum absolute atomic E-state index is 0.0343. The van der Waals surface area contributed by atoms with E-state index in [0.29, 0.717) is 24.8 Å². The lowest BCUT2D eigenvalue weighted by Gasteiger charge is -2.43. The number of unbranched alkanes of at least 4 members (excludes halogenated alkanes) is 2. The van der Waals surface area contributed by atoms with Gasteiger partial charge in [0.25, 0.3) is 11.8 Å². The van der Waals surface area contributed by atoms with Gasteiger partial charge in [0.15, 0.2) is 12.6 Å². The molecular weight excluding hydrogens is 412 g/mol. The van der Waals surface area contributed by atoms with Gasteiger partial charge in [-0.05, 0) is 6.42 Å². The Morgan fingerprint density at radius 1 is 0.968 bits per heavy atom. The van der Waals surface area contributed by atoms with E-state index in [2.05, 4.69) is 12.2 Å². The number of rotatable bonds is 9. The molecule has 0 bridgehead atoms. The van der Waals surface area contributed by atoms with Crippen molar-refractivity contribution in [1.29, 1.82) is 0 Å². The number of nitrogens with one attached hydrogen (secondary N) is 1. The predicted molar refractivity (Wildman–Crippen MR) is 103 cm³/mol. The van der Waals surface area contributed by atoms with Crippen LogP contribution in [0.15, 0.2) is 0 Å². The number of hydroxylamine groups is 2. The summed E-state index contributed by atoms with van der Waals surface area (Å²) in [6.45, 7) is 3.83. The number of nitrogens with zero attached hydrogens (tertiary/aromatic N) is 1. The van der Waals surface area contributed by atoms with E-state index in [9.17, 15) is 19.2 Å². The molecule has 11 nitrogen and oxygen atoms in total. The van der Waals surface area contributed by atoms with Crippen LogP contribution >= 0.6 is 0 Å². The fourth-order valence-corrected chi connectivity index (χ4v) is 3.42. The van der Waals surface area contributed by atoms with Crippen LogP contribution in [0.1, 0.15) is 51.9 Å². The molecule has 3 saturated heterocycles. The maximum Gasteiger partial charge on any atom is 0.338 e. The zero-order valence-corrected chi connectivity index (χ0v) is 17.8. The summed E-state index contributed by atoms with van der Waals surface area (Å²) in [5.74, 6) is -1.97. The van der Waals surface area contributed by atoms with Gasteiger partial charge in [-0.1, -0.05) is 19.8 Å². The van der Waals surface area contributed by atoms with E-state index in [1.54, 1.807) is 0 Å². The Morgan fingerprint density at radius 3 is 2.06 bits per heavy atom. The van der Waals surface area contributed by atoms with E-state index in [1.807, 2.05) is 0 Å². The number of carbonyl (C=O) groups is 4. The van der Waals surface area contributed by atoms with Crippen LogP contribution in [0.25, 0.3) is 0 Å². The largest absolute Gasteiger partial charge is 0.356 e. The second-order valence-electron chi connectivity index (χ2n) is 8.11. The molecule has 3 aliphatic heterocycles. The molecule has 3 aliphatic rings. The predicted octanol–water partition coefficient (Wildman–Crippen LogP) is 0.412. The summed E-state index contributed by atoms with van der Waals surface area (Å²) < 4.78 is 22.6. The van der Waals surface area contributed by atoms with Crippen molar-refractivity contribution in [3.8, 4) is 0 Å². The van der Waals surface area contributed by atoms with Gasteiger partial charge in [-0.25, -0.2) is 4.79 Å². The van der Waals surface area contributed by atoms with Crippen molar-refractivity contribution in [2.75, 3.05) is 33.0 Å². The van der Waals surface area contributed by atoms with Crippen LogP contribution in [0.5, 0.6) is 0 Å². The van der Waals surface area contributed by atoms with Crippen molar-refractivity contribution >= 4 is 23.7 Å². The Morgan fingerprint density at radius 2 is 1.52 bits per heavy atom. The van der Waals surface area contributed by atoms with Gasteiger partial charge in [-0.15, -0.1) is 5.06 Å². The van der Waals surface area contributed by atoms with Crippen LogP contribution in [-0.4, -0.2) is 74.3 Å². The molecule has 31 heavy (non-hydrogen) atoms. The molecule has 0 atom stereocenters. The van der Waals surface area contributed by atoms with E-state index >= 15 is 0 Å². The highest BCUT2D eigenvalue weighted by Crippen LogP contribution is 2.31. The zero-order chi connectivity index (χ0) is 22.3. The van der Waals surface area contributed by atoms with Crippen molar-refractivity contribution in [2.45, 2.75) is 64.4 Å². The molecule has 0 saturated carbocycles. The summed E-state index contributed by atoms with van der Waals surface area (Å²) in [5.41, 5.74) is -0.518. The van der Waals surface area contributed by atoms with Crippen LogP contribution in [0, 0.1) is 5.41 Å². The summed E-state index contributed by atoms with van der Waals surface area (Å²) in [5, 5.41) is 3.35. The molecule has 3 heterocycles. The smallest absolute Gasteiger partial charge is 0.338 e. The van der Waals surface area contributed by atoms with Crippen LogP contribution in [0.3, 0.4) is 0 Å². The number of imide groups is 1. The maximum absolute atomic E-state index is 12.0. The fourth-order valence-electron chi connectivity index (χ4n) is 3.42. The summed E-state index contributed by atoms with van der Waals surface area (Å²) in [4.78, 5) is 51.7.